The SMILES string of the molecule is CCOC(=O)Cc1ccc(N2C(=O)c3c(c(OC(F)F)c4ccccc4c3OC)C2=O)cc1. The summed E-state index contributed by atoms with van der Waals surface area (Å²) < 4.78 is 41.5. The number of carbonyl (C=O) groups is 3. The van der Waals surface area contributed by atoms with Crippen molar-refractivity contribution in [2.24, 2.45) is 0 Å². The molecule has 0 unspecified atom stereocenters. The lowest BCUT2D eigenvalue weighted by atomic mass is 9.99. The van der Waals surface area contributed by atoms with Crippen LogP contribution in [0.5, 0.6) is 11.5 Å². The lowest BCUT2D eigenvalue weighted by Gasteiger charge is -2.15. The smallest absolute Gasteiger partial charge is 0.387 e. The molecule has 0 saturated carbocycles. The monoisotopic (exact) mass is 455 g/mol. The molecule has 0 saturated heterocycles. The van der Waals surface area contributed by atoms with Crippen LogP contribution >= 0.6 is 0 Å². The van der Waals surface area contributed by atoms with Gasteiger partial charge in [-0.25, -0.2) is 4.90 Å². The number of amides is 2. The lowest BCUT2D eigenvalue weighted by Crippen LogP contribution is -2.29. The van der Waals surface area contributed by atoms with Crippen LogP contribution in [0.3, 0.4) is 0 Å². The first-order valence-corrected chi connectivity index (χ1v) is 10.1. The number of esters is 1. The van der Waals surface area contributed by atoms with Crippen molar-refractivity contribution in [2.75, 3.05) is 18.6 Å². The van der Waals surface area contributed by atoms with Crippen molar-refractivity contribution in [3.05, 3.63) is 65.2 Å². The number of carbonyl (C=O) groups excluding carboxylic acids is 3. The predicted molar refractivity (Wildman–Crippen MR) is 115 cm³/mol. The highest BCUT2D eigenvalue weighted by atomic mass is 19.3. The fourth-order valence-electron chi connectivity index (χ4n) is 3.90. The largest absolute Gasteiger partial charge is 0.495 e. The third kappa shape index (κ3) is 3.86. The van der Waals surface area contributed by atoms with Gasteiger partial charge in [-0.05, 0) is 24.6 Å². The van der Waals surface area contributed by atoms with E-state index in [4.69, 9.17) is 14.2 Å². The van der Waals surface area contributed by atoms with Crippen LogP contribution in [0.15, 0.2) is 48.5 Å². The summed E-state index contributed by atoms with van der Waals surface area (Å²) in [5, 5.41) is 0.586. The Balaban J connectivity index is 1.81. The molecular weight excluding hydrogens is 436 g/mol. The first kappa shape index (κ1) is 22.2. The Bertz CT molecular complexity index is 1260. The van der Waals surface area contributed by atoms with Gasteiger partial charge in [0, 0.05) is 10.8 Å². The van der Waals surface area contributed by atoms with Crippen LogP contribution in [0.4, 0.5) is 14.5 Å². The van der Waals surface area contributed by atoms with Gasteiger partial charge < -0.3 is 14.2 Å². The Morgan fingerprint density at radius 3 is 2.06 bits per heavy atom. The molecule has 33 heavy (non-hydrogen) atoms. The number of ether oxygens (including phenoxy) is 3. The molecule has 0 atom stereocenters. The summed E-state index contributed by atoms with van der Waals surface area (Å²) in [4.78, 5) is 39.2. The van der Waals surface area contributed by atoms with Crippen molar-refractivity contribution >= 4 is 34.2 Å². The predicted octanol–water partition coefficient (Wildman–Crippen LogP) is 4.36. The molecule has 3 aromatic carbocycles. The number of alkyl halides is 2. The maximum Gasteiger partial charge on any atom is 0.387 e. The molecule has 1 aliphatic heterocycles. The van der Waals surface area contributed by atoms with E-state index in [0.29, 0.717) is 10.9 Å². The van der Waals surface area contributed by atoms with Gasteiger partial charge in [0.25, 0.3) is 11.8 Å². The number of nitrogens with zero attached hydrogens (tertiary/aromatic N) is 1. The number of hydrogen-bond donors (Lipinski definition) is 0. The molecule has 0 spiro atoms. The number of anilines is 1. The number of benzene rings is 3. The molecule has 0 radical (unpaired) electrons. The molecule has 0 N–H and O–H groups in total. The van der Waals surface area contributed by atoms with Gasteiger partial charge in [0.2, 0.25) is 0 Å². The fourth-order valence-corrected chi connectivity index (χ4v) is 3.90. The van der Waals surface area contributed by atoms with Crippen LogP contribution in [0.25, 0.3) is 10.8 Å². The van der Waals surface area contributed by atoms with E-state index in [1.807, 2.05) is 0 Å². The zero-order chi connectivity index (χ0) is 23.7. The van der Waals surface area contributed by atoms with Crippen LogP contribution < -0.4 is 14.4 Å². The highest BCUT2D eigenvalue weighted by Crippen LogP contribution is 2.46. The molecular formula is C24H19F2NO6. The van der Waals surface area contributed by atoms with Gasteiger partial charge in [0.15, 0.2) is 0 Å². The van der Waals surface area contributed by atoms with E-state index in [2.05, 4.69) is 0 Å². The number of halogens is 2. The van der Waals surface area contributed by atoms with E-state index in [-0.39, 0.29) is 46.7 Å². The highest BCUT2D eigenvalue weighted by molar-refractivity contribution is 6.38. The molecule has 4 rings (SSSR count). The van der Waals surface area contributed by atoms with E-state index in [9.17, 15) is 23.2 Å². The third-order valence-corrected chi connectivity index (χ3v) is 5.21. The van der Waals surface area contributed by atoms with Crippen molar-refractivity contribution in [3.8, 4) is 11.5 Å². The van der Waals surface area contributed by atoms with Crippen molar-refractivity contribution < 1.29 is 37.4 Å². The molecule has 0 aliphatic carbocycles. The molecule has 2 amide bonds. The third-order valence-electron chi connectivity index (χ3n) is 5.21. The second kappa shape index (κ2) is 8.85. The molecule has 1 heterocycles. The summed E-state index contributed by atoms with van der Waals surface area (Å²) in [5.74, 6) is -2.22. The lowest BCUT2D eigenvalue weighted by molar-refractivity contribution is -0.142. The quantitative estimate of drug-likeness (QED) is 0.389. The van der Waals surface area contributed by atoms with Crippen LogP contribution in [0.2, 0.25) is 0 Å². The van der Waals surface area contributed by atoms with Crippen molar-refractivity contribution in [1.82, 2.24) is 0 Å². The molecule has 1 aliphatic rings. The van der Waals surface area contributed by atoms with E-state index < -0.39 is 24.4 Å². The van der Waals surface area contributed by atoms with E-state index in [0.717, 1.165) is 4.90 Å². The highest BCUT2D eigenvalue weighted by Gasteiger charge is 2.43. The minimum atomic E-state index is -3.20. The average Bonchev–Trinajstić information content (AvgIpc) is 3.05. The van der Waals surface area contributed by atoms with E-state index in [1.165, 1.54) is 25.3 Å². The normalized spacial score (nSPS) is 12.9. The maximum atomic E-state index is 13.3. The molecule has 3 aromatic rings. The number of fused-ring (bicyclic) bond motifs is 2. The number of imide groups is 1. The van der Waals surface area contributed by atoms with Gasteiger partial charge in [-0.3, -0.25) is 14.4 Å². The number of methoxy groups -OCH3 is 1. The van der Waals surface area contributed by atoms with Gasteiger partial charge in [-0.15, -0.1) is 0 Å². The van der Waals surface area contributed by atoms with Crippen LogP contribution in [-0.2, 0) is 16.0 Å². The number of rotatable bonds is 7. The van der Waals surface area contributed by atoms with E-state index in [1.54, 1.807) is 37.3 Å². The van der Waals surface area contributed by atoms with Crippen molar-refractivity contribution in [2.45, 2.75) is 20.0 Å². The summed E-state index contributed by atoms with van der Waals surface area (Å²) in [5.41, 5.74) is 0.403. The molecule has 0 aromatic heterocycles. The molecule has 9 heteroatoms. The van der Waals surface area contributed by atoms with Gasteiger partial charge in [-0.1, -0.05) is 36.4 Å². The minimum absolute atomic E-state index is 0.0296. The number of hydrogen-bond acceptors (Lipinski definition) is 6. The van der Waals surface area contributed by atoms with Crippen molar-refractivity contribution in [1.29, 1.82) is 0 Å². The Hall–Kier alpha value is -4.01. The fraction of sp³-hybridized carbons (Fsp3) is 0.208. The Morgan fingerprint density at radius 1 is 0.939 bits per heavy atom. The Labute approximate surface area is 187 Å². The standard InChI is InChI=1S/C24H19F2NO6/c1-3-32-17(28)12-13-8-10-14(11-9-13)27-22(29)18-19(23(27)30)21(33-24(25)26)16-7-5-4-6-15(16)20(18)31-2/h4-11,24H,3,12H2,1-2H3. The van der Waals surface area contributed by atoms with Gasteiger partial charge in [0.1, 0.15) is 11.5 Å². The Morgan fingerprint density at radius 2 is 1.52 bits per heavy atom. The summed E-state index contributed by atoms with van der Waals surface area (Å²) in [6.07, 6.45) is 0.0296. The molecule has 0 bridgehead atoms. The summed E-state index contributed by atoms with van der Waals surface area (Å²) in [7, 11) is 1.33. The zero-order valence-electron chi connectivity index (χ0n) is 17.8. The van der Waals surface area contributed by atoms with Gasteiger partial charge in [0.05, 0.1) is 37.0 Å². The topological polar surface area (TPSA) is 82.1 Å². The molecule has 170 valence electrons. The van der Waals surface area contributed by atoms with Gasteiger partial charge >= 0.3 is 12.6 Å². The van der Waals surface area contributed by atoms with Gasteiger partial charge in [-0.2, -0.15) is 8.78 Å². The maximum absolute atomic E-state index is 13.3. The van der Waals surface area contributed by atoms with Crippen LogP contribution in [0.1, 0.15) is 33.2 Å². The first-order valence-electron chi connectivity index (χ1n) is 10.1. The average molecular weight is 455 g/mol. The van der Waals surface area contributed by atoms with Crippen LogP contribution in [-0.4, -0.2) is 38.1 Å². The summed E-state index contributed by atoms with van der Waals surface area (Å²) >= 11 is 0. The molecule has 0 fully saturated rings. The van der Waals surface area contributed by atoms with Crippen LogP contribution in [0, 0.1) is 0 Å². The Kier molecular flexibility index (Phi) is 5.95. The summed E-state index contributed by atoms with van der Waals surface area (Å²) in [6, 6.07) is 12.5. The second-order valence-corrected chi connectivity index (χ2v) is 7.13. The minimum Gasteiger partial charge on any atom is -0.495 e. The molecule has 7 nitrogen and oxygen atoms in total. The first-order chi connectivity index (χ1) is 15.9. The zero-order valence-corrected chi connectivity index (χ0v) is 17.8. The second-order valence-electron chi connectivity index (χ2n) is 7.13. The van der Waals surface area contributed by atoms with E-state index >= 15 is 0 Å². The summed E-state index contributed by atoms with van der Waals surface area (Å²) in [6.45, 7) is -1.25. The van der Waals surface area contributed by atoms with Crippen molar-refractivity contribution in [3.63, 3.8) is 0 Å².